The van der Waals surface area contributed by atoms with Gasteiger partial charge in [-0.1, -0.05) is 6.42 Å². The van der Waals surface area contributed by atoms with Crippen molar-refractivity contribution >= 4 is 9.84 Å². The Morgan fingerprint density at radius 3 is 2.50 bits per heavy atom. The Labute approximate surface area is 112 Å². The Morgan fingerprint density at radius 2 is 1.94 bits per heavy atom. The van der Waals surface area contributed by atoms with Crippen molar-refractivity contribution in [2.75, 3.05) is 25.4 Å². The fourth-order valence-electron chi connectivity index (χ4n) is 2.42. The van der Waals surface area contributed by atoms with E-state index < -0.39 is 14.6 Å². The molecule has 5 heteroatoms. The Balaban J connectivity index is 2.56. The summed E-state index contributed by atoms with van der Waals surface area (Å²) in [6, 6.07) is 0.485. The summed E-state index contributed by atoms with van der Waals surface area (Å²) in [6.07, 6.45) is 4.56. The van der Waals surface area contributed by atoms with E-state index in [-0.39, 0.29) is 5.75 Å². The summed E-state index contributed by atoms with van der Waals surface area (Å²) in [7, 11) is -3.01. The third-order valence-electron chi connectivity index (χ3n) is 3.83. The van der Waals surface area contributed by atoms with Gasteiger partial charge in [0.2, 0.25) is 0 Å². The minimum absolute atomic E-state index is 0.261. The third kappa shape index (κ3) is 4.21. The standard InChI is InChI=1S/C13H28N2O2S/c1-13(2,3)18(16,17)11-10-15-9-5-4-6-12(15)7-8-14/h12H,4-11,14H2,1-3H3. The molecule has 0 aromatic rings. The van der Waals surface area contributed by atoms with Crippen LogP contribution in [0, 0.1) is 0 Å². The van der Waals surface area contributed by atoms with E-state index in [4.69, 9.17) is 5.73 Å². The van der Waals surface area contributed by atoms with E-state index in [0.29, 0.717) is 19.1 Å². The second-order valence-electron chi connectivity index (χ2n) is 6.19. The van der Waals surface area contributed by atoms with Gasteiger partial charge in [-0.25, -0.2) is 8.42 Å². The van der Waals surface area contributed by atoms with Crippen LogP contribution in [-0.4, -0.2) is 49.5 Å². The molecule has 18 heavy (non-hydrogen) atoms. The number of likely N-dealkylation sites (tertiary alicyclic amines) is 1. The van der Waals surface area contributed by atoms with Gasteiger partial charge in [0.1, 0.15) is 0 Å². The number of hydrogen-bond donors (Lipinski definition) is 1. The summed E-state index contributed by atoms with van der Waals surface area (Å²) in [5.41, 5.74) is 5.63. The van der Waals surface area contributed by atoms with Crippen LogP contribution in [-0.2, 0) is 9.84 Å². The second kappa shape index (κ2) is 6.35. The van der Waals surface area contributed by atoms with Crippen LogP contribution in [0.1, 0.15) is 46.5 Å². The fourth-order valence-corrected chi connectivity index (χ4v) is 3.50. The van der Waals surface area contributed by atoms with Gasteiger partial charge in [-0.15, -0.1) is 0 Å². The van der Waals surface area contributed by atoms with E-state index in [0.717, 1.165) is 19.4 Å². The van der Waals surface area contributed by atoms with Crippen molar-refractivity contribution in [1.82, 2.24) is 4.90 Å². The molecule has 1 heterocycles. The molecule has 0 aromatic carbocycles. The molecule has 108 valence electrons. The quantitative estimate of drug-likeness (QED) is 0.824. The minimum atomic E-state index is -3.01. The van der Waals surface area contributed by atoms with Gasteiger partial charge in [-0.3, -0.25) is 4.90 Å². The molecule has 2 N–H and O–H groups in total. The van der Waals surface area contributed by atoms with Crippen LogP contribution in [0.4, 0.5) is 0 Å². The number of nitrogens with zero attached hydrogens (tertiary/aromatic N) is 1. The summed E-state index contributed by atoms with van der Waals surface area (Å²) < 4.78 is 23.6. The van der Waals surface area contributed by atoms with Crippen molar-refractivity contribution in [3.05, 3.63) is 0 Å². The van der Waals surface area contributed by atoms with Crippen LogP contribution in [0.25, 0.3) is 0 Å². The summed E-state index contributed by atoms with van der Waals surface area (Å²) in [6.45, 7) is 7.68. The van der Waals surface area contributed by atoms with E-state index in [1.165, 1.54) is 12.8 Å². The topological polar surface area (TPSA) is 63.4 Å². The van der Waals surface area contributed by atoms with Gasteiger partial charge in [0.05, 0.1) is 10.5 Å². The molecule has 0 radical (unpaired) electrons. The molecule has 1 unspecified atom stereocenters. The maximum atomic E-state index is 12.1. The molecular weight excluding hydrogens is 248 g/mol. The first-order chi connectivity index (χ1) is 8.28. The Hall–Kier alpha value is -0.130. The van der Waals surface area contributed by atoms with Crippen molar-refractivity contribution in [2.45, 2.75) is 57.2 Å². The van der Waals surface area contributed by atoms with Crippen molar-refractivity contribution in [3.63, 3.8) is 0 Å². The SMILES string of the molecule is CC(C)(C)S(=O)(=O)CCN1CCCCC1CCN. The Kier molecular flexibility index (Phi) is 5.62. The Morgan fingerprint density at radius 1 is 1.28 bits per heavy atom. The predicted octanol–water partition coefficient (Wildman–Crippen LogP) is 1.40. The number of sulfone groups is 1. The van der Waals surface area contributed by atoms with E-state index in [2.05, 4.69) is 4.90 Å². The van der Waals surface area contributed by atoms with Gasteiger partial charge < -0.3 is 5.73 Å². The van der Waals surface area contributed by atoms with E-state index in [1.807, 2.05) is 0 Å². The molecule has 0 bridgehead atoms. The molecule has 0 aromatic heterocycles. The zero-order chi connectivity index (χ0) is 13.8. The van der Waals surface area contributed by atoms with Crippen LogP contribution in [0.3, 0.4) is 0 Å². The fraction of sp³-hybridized carbons (Fsp3) is 1.00. The molecule has 1 saturated heterocycles. The van der Waals surface area contributed by atoms with Gasteiger partial charge in [0.25, 0.3) is 0 Å². The molecule has 0 amide bonds. The lowest BCUT2D eigenvalue weighted by Gasteiger charge is -2.36. The highest BCUT2D eigenvalue weighted by atomic mass is 32.2. The summed E-state index contributed by atoms with van der Waals surface area (Å²) >= 11 is 0. The number of rotatable bonds is 5. The van der Waals surface area contributed by atoms with Gasteiger partial charge in [0.15, 0.2) is 9.84 Å². The molecule has 1 aliphatic heterocycles. The third-order valence-corrected chi connectivity index (χ3v) is 6.42. The zero-order valence-corrected chi connectivity index (χ0v) is 12.8. The summed E-state index contributed by atoms with van der Waals surface area (Å²) in [5.74, 6) is 0.261. The smallest absolute Gasteiger partial charge is 0.156 e. The lowest BCUT2D eigenvalue weighted by molar-refractivity contribution is 0.150. The summed E-state index contributed by atoms with van der Waals surface area (Å²) in [4.78, 5) is 2.32. The molecule has 0 aliphatic carbocycles. The van der Waals surface area contributed by atoms with Crippen LogP contribution < -0.4 is 5.73 Å². The largest absolute Gasteiger partial charge is 0.330 e. The van der Waals surface area contributed by atoms with E-state index in [1.54, 1.807) is 20.8 Å². The number of nitrogens with two attached hydrogens (primary N) is 1. The maximum absolute atomic E-state index is 12.1. The first kappa shape index (κ1) is 15.9. The van der Waals surface area contributed by atoms with Crippen molar-refractivity contribution < 1.29 is 8.42 Å². The van der Waals surface area contributed by atoms with Crippen LogP contribution >= 0.6 is 0 Å². The molecule has 0 spiro atoms. The summed E-state index contributed by atoms with van der Waals surface area (Å²) in [5, 5.41) is 0. The highest BCUT2D eigenvalue weighted by molar-refractivity contribution is 7.92. The average molecular weight is 276 g/mol. The van der Waals surface area contributed by atoms with Gasteiger partial charge in [-0.05, 0) is 53.1 Å². The maximum Gasteiger partial charge on any atom is 0.156 e. The van der Waals surface area contributed by atoms with Crippen molar-refractivity contribution in [1.29, 1.82) is 0 Å². The monoisotopic (exact) mass is 276 g/mol. The predicted molar refractivity (Wildman–Crippen MR) is 76.4 cm³/mol. The number of hydrogen-bond acceptors (Lipinski definition) is 4. The van der Waals surface area contributed by atoms with Crippen molar-refractivity contribution in [2.24, 2.45) is 5.73 Å². The average Bonchev–Trinajstić information content (AvgIpc) is 2.27. The molecule has 1 rings (SSSR count). The van der Waals surface area contributed by atoms with Gasteiger partial charge >= 0.3 is 0 Å². The first-order valence-electron chi connectivity index (χ1n) is 6.94. The Bertz CT molecular complexity index is 344. The van der Waals surface area contributed by atoms with Crippen LogP contribution in [0.5, 0.6) is 0 Å². The molecule has 0 saturated carbocycles. The van der Waals surface area contributed by atoms with Gasteiger partial charge in [-0.2, -0.15) is 0 Å². The lowest BCUT2D eigenvalue weighted by Crippen LogP contribution is -2.44. The molecule has 1 atom stereocenters. The minimum Gasteiger partial charge on any atom is -0.330 e. The highest BCUT2D eigenvalue weighted by Crippen LogP contribution is 2.21. The molecule has 4 nitrogen and oxygen atoms in total. The molecule has 1 aliphatic rings. The highest BCUT2D eigenvalue weighted by Gasteiger charge is 2.30. The van der Waals surface area contributed by atoms with Crippen LogP contribution in [0.2, 0.25) is 0 Å². The van der Waals surface area contributed by atoms with E-state index in [9.17, 15) is 8.42 Å². The molecular formula is C13H28N2O2S. The molecule has 1 fully saturated rings. The van der Waals surface area contributed by atoms with Crippen molar-refractivity contribution in [3.8, 4) is 0 Å². The van der Waals surface area contributed by atoms with Crippen LogP contribution in [0.15, 0.2) is 0 Å². The van der Waals surface area contributed by atoms with Gasteiger partial charge in [0, 0.05) is 12.6 Å². The second-order valence-corrected chi connectivity index (χ2v) is 9.06. The normalized spacial score (nSPS) is 23.2. The van der Waals surface area contributed by atoms with E-state index >= 15 is 0 Å². The zero-order valence-electron chi connectivity index (χ0n) is 12.0. The lowest BCUT2D eigenvalue weighted by atomic mass is 9.99. The first-order valence-corrected chi connectivity index (χ1v) is 8.59. The number of piperidine rings is 1.